The number of amides is 3. The lowest BCUT2D eigenvalue weighted by Gasteiger charge is -2.33. The summed E-state index contributed by atoms with van der Waals surface area (Å²) in [5.74, 6) is -1.50. The molecule has 222 valence electrons. The smallest absolute Gasteiger partial charge is 0.246 e. The van der Waals surface area contributed by atoms with Gasteiger partial charge in [-0.25, -0.2) is 0 Å². The van der Waals surface area contributed by atoms with Gasteiger partial charge in [0.05, 0.1) is 17.4 Å². The Bertz CT molecular complexity index is 1580. The maximum Gasteiger partial charge on any atom is 0.246 e. The second kappa shape index (κ2) is 10.5. The van der Waals surface area contributed by atoms with Crippen LogP contribution in [0.5, 0.6) is 0 Å². The van der Waals surface area contributed by atoms with E-state index in [1.165, 1.54) is 24.8 Å². The van der Waals surface area contributed by atoms with Crippen molar-refractivity contribution in [2.75, 3.05) is 10.2 Å². The highest BCUT2D eigenvalue weighted by Gasteiger charge is 2.76. The molecule has 0 unspecified atom stereocenters. The van der Waals surface area contributed by atoms with E-state index in [-0.39, 0.29) is 17.6 Å². The summed E-state index contributed by atoms with van der Waals surface area (Å²) in [7, 11) is 0. The van der Waals surface area contributed by atoms with Gasteiger partial charge in [0.1, 0.15) is 17.4 Å². The van der Waals surface area contributed by atoms with Gasteiger partial charge in [-0.3, -0.25) is 19.3 Å². The number of nitrogens with one attached hydrogen (secondary N) is 2. The predicted octanol–water partition coefficient (Wildman–Crippen LogP) is 5.03. The fourth-order valence-electron chi connectivity index (χ4n) is 7.67. The Hall–Kier alpha value is -4.24. The van der Waals surface area contributed by atoms with Crippen LogP contribution in [0.3, 0.4) is 0 Å². The van der Waals surface area contributed by atoms with Crippen molar-refractivity contribution in [3.8, 4) is 0 Å². The number of benzene rings is 2. The fourth-order valence-corrected chi connectivity index (χ4v) is 7.67. The molecular weight excluding hydrogens is 544 g/mol. The monoisotopic (exact) mass is 580 g/mol. The van der Waals surface area contributed by atoms with Crippen LogP contribution in [0.25, 0.3) is 0 Å². The van der Waals surface area contributed by atoms with Crippen LogP contribution < -0.4 is 15.5 Å². The van der Waals surface area contributed by atoms with Gasteiger partial charge in [0, 0.05) is 18.3 Å². The summed E-state index contributed by atoms with van der Waals surface area (Å²) in [6.45, 7) is 3.83. The van der Waals surface area contributed by atoms with Crippen molar-refractivity contribution in [2.24, 2.45) is 11.8 Å². The molecule has 2 saturated heterocycles. The molecule has 43 heavy (non-hydrogen) atoms. The number of nitrogens with zero attached hydrogens (tertiary/aromatic N) is 2. The number of rotatable bonds is 7. The fraction of sp³-hybridized carbons (Fsp3) is 0.412. The number of ether oxygens (including phenoxy) is 1. The number of carbonyl (C=O) groups excluding carboxylic acids is 3. The van der Waals surface area contributed by atoms with E-state index in [2.05, 4.69) is 27.9 Å². The number of carbonyl (C=O) groups is 3. The first-order valence-electron chi connectivity index (χ1n) is 15.2. The number of aryl methyl sites for hydroxylation is 1. The van der Waals surface area contributed by atoms with Crippen LogP contribution in [0.1, 0.15) is 61.8 Å². The van der Waals surface area contributed by atoms with E-state index in [1.807, 2.05) is 54.6 Å². The van der Waals surface area contributed by atoms with Gasteiger partial charge in [0.2, 0.25) is 17.7 Å². The van der Waals surface area contributed by atoms with E-state index in [4.69, 9.17) is 9.26 Å². The number of fused-ring (bicyclic) bond motifs is 1. The molecule has 4 aliphatic rings. The average molecular weight is 581 g/mol. The van der Waals surface area contributed by atoms with Crippen molar-refractivity contribution in [1.82, 2.24) is 10.5 Å². The molecule has 1 aromatic heterocycles. The van der Waals surface area contributed by atoms with Gasteiger partial charge in [-0.15, -0.1) is 0 Å². The molecular formula is C34H36N4O5. The van der Waals surface area contributed by atoms with Gasteiger partial charge in [-0.1, -0.05) is 79.0 Å². The molecule has 1 aliphatic carbocycles. The second-order valence-electron chi connectivity index (χ2n) is 12.5. The minimum Gasteiger partial charge on any atom is -0.360 e. The Kier molecular flexibility index (Phi) is 6.73. The van der Waals surface area contributed by atoms with Gasteiger partial charge in [0.15, 0.2) is 5.82 Å². The van der Waals surface area contributed by atoms with Crippen LogP contribution in [0, 0.1) is 18.8 Å². The topological polar surface area (TPSA) is 114 Å². The molecule has 9 heteroatoms. The van der Waals surface area contributed by atoms with Gasteiger partial charge in [0.25, 0.3) is 0 Å². The van der Waals surface area contributed by atoms with E-state index < -0.39 is 35.0 Å². The van der Waals surface area contributed by atoms with Crippen LogP contribution in [-0.2, 0) is 25.7 Å². The van der Waals surface area contributed by atoms with E-state index in [9.17, 15) is 14.4 Å². The molecule has 2 bridgehead atoms. The maximum atomic E-state index is 14.5. The normalized spacial score (nSPS) is 29.6. The minimum atomic E-state index is -1.31. The van der Waals surface area contributed by atoms with Crippen LogP contribution >= 0.6 is 0 Å². The maximum absolute atomic E-state index is 14.5. The highest BCUT2D eigenvalue weighted by Crippen LogP contribution is 2.60. The molecule has 3 amide bonds. The average Bonchev–Trinajstić information content (AvgIpc) is 3.73. The Balaban J connectivity index is 1.24. The molecule has 2 N–H and O–H groups in total. The van der Waals surface area contributed by atoms with Crippen molar-refractivity contribution in [1.29, 1.82) is 0 Å². The van der Waals surface area contributed by atoms with E-state index in [0.29, 0.717) is 23.9 Å². The molecule has 1 spiro atoms. The van der Waals surface area contributed by atoms with Crippen molar-refractivity contribution in [3.05, 3.63) is 89.7 Å². The molecule has 4 heterocycles. The molecule has 3 fully saturated rings. The van der Waals surface area contributed by atoms with Gasteiger partial charge in [-0.05, 0) is 55.9 Å². The van der Waals surface area contributed by atoms with Crippen LogP contribution in [0.15, 0.2) is 77.3 Å². The van der Waals surface area contributed by atoms with Crippen molar-refractivity contribution in [2.45, 2.75) is 75.7 Å². The summed E-state index contributed by atoms with van der Waals surface area (Å²) in [6.07, 6.45) is 9.70. The van der Waals surface area contributed by atoms with Crippen molar-refractivity contribution >= 4 is 29.2 Å². The second-order valence-corrected chi connectivity index (χ2v) is 12.5. The molecule has 5 atom stereocenters. The number of hydrogen-bond donors (Lipinski definition) is 2. The zero-order valence-corrected chi connectivity index (χ0v) is 24.4. The lowest BCUT2D eigenvalue weighted by atomic mass is 9.70. The molecule has 1 saturated carbocycles. The largest absolute Gasteiger partial charge is 0.360 e. The highest BCUT2D eigenvalue weighted by atomic mass is 16.5. The zero-order valence-electron chi connectivity index (χ0n) is 24.4. The summed E-state index contributed by atoms with van der Waals surface area (Å²) < 4.78 is 11.8. The summed E-state index contributed by atoms with van der Waals surface area (Å²) in [4.78, 5) is 43.9. The summed E-state index contributed by atoms with van der Waals surface area (Å²) in [5.41, 5.74) is 0.430. The van der Waals surface area contributed by atoms with Gasteiger partial charge >= 0.3 is 0 Å². The summed E-state index contributed by atoms with van der Waals surface area (Å²) in [6, 6.07) is 18.3. The Morgan fingerprint density at radius 2 is 1.74 bits per heavy atom. The lowest BCUT2D eigenvalue weighted by molar-refractivity contribution is -0.131. The van der Waals surface area contributed by atoms with Gasteiger partial charge in [-0.2, -0.15) is 0 Å². The zero-order chi connectivity index (χ0) is 29.8. The van der Waals surface area contributed by atoms with E-state index >= 15 is 0 Å². The number of hydrogen-bond acceptors (Lipinski definition) is 6. The minimum absolute atomic E-state index is 0.268. The third kappa shape index (κ3) is 4.57. The third-order valence-corrected chi connectivity index (χ3v) is 9.66. The Morgan fingerprint density at radius 1 is 1.00 bits per heavy atom. The third-order valence-electron chi connectivity index (χ3n) is 9.66. The van der Waals surface area contributed by atoms with Crippen molar-refractivity contribution in [3.63, 3.8) is 0 Å². The Morgan fingerprint density at radius 3 is 2.44 bits per heavy atom. The first-order chi connectivity index (χ1) is 20.8. The molecule has 7 rings (SSSR count). The molecule has 3 aliphatic heterocycles. The predicted molar refractivity (Wildman–Crippen MR) is 160 cm³/mol. The number of anilines is 2. The van der Waals surface area contributed by atoms with E-state index in [1.54, 1.807) is 24.8 Å². The van der Waals surface area contributed by atoms with Gasteiger partial charge < -0.3 is 19.9 Å². The van der Waals surface area contributed by atoms with Crippen LogP contribution in [0.4, 0.5) is 11.5 Å². The summed E-state index contributed by atoms with van der Waals surface area (Å²) in [5, 5.41) is 9.74. The standard InChI is InChI=1S/C34H36N4O5/c1-21-19-26(37-42-21)36-30(39)27-28-32(41)38(25-15-13-24(14-16-25)23-11-7-4-8-12-23)29(34(28)18-17-33(27,2)43-34)31(40)35-20-22-9-5-3-6-10-22/h3,5-6,9-10,13-19,23,27-29H,4,7-8,11-12,20H2,1-2H3,(H,35,40)(H,36,37,39)/t27-,28-,29-,33+,34-/m1/s1. The van der Waals surface area contributed by atoms with Crippen LogP contribution in [0.2, 0.25) is 0 Å². The molecule has 0 radical (unpaired) electrons. The SMILES string of the molecule is Cc1cc(NC(=O)[C@H]2[C@@H]3C(=O)N(c4ccc(C5CCCCC5)cc4)[C@H](C(=O)NCc4ccccc4)[C@@]34C=C[C@]2(C)O4)no1. The quantitative estimate of drug-likeness (QED) is 0.379. The van der Waals surface area contributed by atoms with Crippen molar-refractivity contribution < 1.29 is 23.6 Å². The highest BCUT2D eigenvalue weighted by molar-refractivity contribution is 6.11. The van der Waals surface area contributed by atoms with E-state index in [0.717, 1.165) is 18.4 Å². The first kappa shape index (κ1) is 27.6. The summed E-state index contributed by atoms with van der Waals surface area (Å²) >= 11 is 0. The molecule has 3 aromatic rings. The van der Waals surface area contributed by atoms with Crippen LogP contribution in [-0.4, -0.2) is 40.1 Å². The number of aromatic nitrogens is 1. The lowest BCUT2D eigenvalue weighted by Crippen LogP contribution is -2.54. The molecule has 9 nitrogen and oxygen atoms in total. The molecule has 2 aromatic carbocycles. The Labute approximate surface area is 250 Å². The first-order valence-corrected chi connectivity index (χ1v) is 15.2.